The van der Waals surface area contributed by atoms with Crippen LogP contribution in [0.1, 0.15) is 16.8 Å². The lowest BCUT2D eigenvalue weighted by molar-refractivity contribution is 0.374. The Labute approximate surface area is 204 Å². The van der Waals surface area contributed by atoms with E-state index in [2.05, 4.69) is 0 Å². The molecule has 0 unspecified atom stereocenters. The quantitative estimate of drug-likeness (QED) is 0.424. The fraction of sp³-hybridized carbons (Fsp3) is 0.200. The van der Waals surface area contributed by atoms with Crippen LogP contribution < -0.4 is 4.74 Å². The molecule has 182 valence electrons. The summed E-state index contributed by atoms with van der Waals surface area (Å²) in [5.74, 6) is -0.171. The Hall–Kier alpha value is -3.34. The predicted octanol–water partition coefficient (Wildman–Crippen LogP) is 3.48. The Morgan fingerprint density at radius 1 is 0.943 bits per heavy atom. The van der Waals surface area contributed by atoms with Gasteiger partial charge in [0.05, 0.1) is 23.3 Å². The second-order valence-corrected chi connectivity index (χ2v) is 12.1. The third-order valence-electron chi connectivity index (χ3n) is 6.23. The van der Waals surface area contributed by atoms with Crippen LogP contribution in [0.5, 0.6) is 11.5 Å². The van der Waals surface area contributed by atoms with E-state index < -0.39 is 20.0 Å². The molecule has 0 amide bonds. The number of aromatic nitrogens is 1. The third kappa shape index (κ3) is 4.07. The van der Waals surface area contributed by atoms with Crippen LogP contribution in [0, 0.1) is 0 Å². The van der Waals surface area contributed by atoms with Gasteiger partial charge in [-0.3, -0.25) is 0 Å². The van der Waals surface area contributed by atoms with E-state index in [4.69, 9.17) is 4.74 Å². The van der Waals surface area contributed by atoms with Gasteiger partial charge in [-0.05, 0) is 29.3 Å². The van der Waals surface area contributed by atoms with Gasteiger partial charge < -0.3 is 9.84 Å². The molecule has 3 aromatic carbocycles. The topological polar surface area (TPSA) is 106 Å². The van der Waals surface area contributed by atoms with Gasteiger partial charge >= 0.3 is 0 Å². The molecule has 1 aromatic heterocycles. The smallest absolute Gasteiger partial charge is 0.268 e. The van der Waals surface area contributed by atoms with E-state index in [9.17, 15) is 21.9 Å². The van der Waals surface area contributed by atoms with E-state index in [1.165, 1.54) is 39.7 Å². The van der Waals surface area contributed by atoms with Gasteiger partial charge in [-0.15, -0.1) is 0 Å². The number of phenolic OH excluding ortho intramolecular Hbond substituents is 1. The highest BCUT2D eigenvalue weighted by Crippen LogP contribution is 2.40. The number of hydrogen-bond acceptors (Lipinski definition) is 6. The lowest BCUT2D eigenvalue weighted by Gasteiger charge is -2.27. The minimum Gasteiger partial charge on any atom is -0.504 e. The van der Waals surface area contributed by atoms with Crippen LogP contribution in [0.15, 0.2) is 77.7 Å². The Balaban J connectivity index is 1.66. The monoisotopic (exact) mass is 512 g/mol. The molecule has 35 heavy (non-hydrogen) atoms. The van der Waals surface area contributed by atoms with Crippen molar-refractivity contribution in [3.8, 4) is 11.5 Å². The first-order valence-electron chi connectivity index (χ1n) is 11.0. The summed E-state index contributed by atoms with van der Waals surface area (Å²) in [6, 6.07) is 19.9. The summed E-state index contributed by atoms with van der Waals surface area (Å²) in [6.45, 7) is 0.149. The van der Waals surface area contributed by atoms with Gasteiger partial charge in [0, 0.05) is 36.7 Å². The van der Waals surface area contributed by atoms with Crippen LogP contribution >= 0.6 is 0 Å². The van der Waals surface area contributed by atoms with E-state index in [-0.39, 0.29) is 41.7 Å². The summed E-state index contributed by atoms with van der Waals surface area (Å²) < 4.78 is 61.7. The van der Waals surface area contributed by atoms with Crippen molar-refractivity contribution in [2.24, 2.45) is 0 Å². The average Bonchev–Trinajstić information content (AvgIpc) is 3.17. The summed E-state index contributed by atoms with van der Waals surface area (Å²) in [7, 11) is -6.27. The van der Waals surface area contributed by atoms with Crippen LogP contribution in [0.4, 0.5) is 0 Å². The van der Waals surface area contributed by atoms with Crippen LogP contribution in [0.25, 0.3) is 10.9 Å². The van der Waals surface area contributed by atoms with Crippen molar-refractivity contribution in [3.05, 3.63) is 89.6 Å². The number of methoxy groups -OCH3 is 1. The largest absolute Gasteiger partial charge is 0.504 e. The molecule has 0 saturated carbocycles. The molecule has 0 radical (unpaired) electrons. The minimum atomic E-state index is -3.99. The van der Waals surface area contributed by atoms with Gasteiger partial charge in [-0.2, -0.15) is 4.31 Å². The molecule has 5 rings (SSSR count). The first kappa shape index (κ1) is 23.4. The summed E-state index contributed by atoms with van der Waals surface area (Å²) in [5, 5.41) is 10.9. The van der Waals surface area contributed by atoms with Gasteiger partial charge in [0.25, 0.3) is 10.0 Å². The Kier molecular flexibility index (Phi) is 5.82. The molecule has 0 atom stereocenters. The van der Waals surface area contributed by atoms with Gasteiger partial charge in [-0.25, -0.2) is 20.8 Å². The van der Waals surface area contributed by atoms with Crippen LogP contribution in [-0.4, -0.2) is 43.9 Å². The highest BCUT2D eigenvalue weighted by atomic mass is 32.2. The Morgan fingerprint density at radius 2 is 1.60 bits per heavy atom. The summed E-state index contributed by atoms with van der Waals surface area (Å²) in [4.78, 5) is 0.117. The molecule has 0 spiro atoms. The molecule has 0 aliphatic carbocycles. The van der Waals surface area contributed by atoms with Crippen LogP contribution in [0.3, 0.4) is 0 Å². The van der Waals surface area contributed by atoms with Crippen molar-refractivity contribution >= 4 is 30.9 Å². The van der Waals surface area contributed by atoms with Crippen molar-refractivity contribution in [2.75, 3.05) is 13.7 Å². The lowest BCUT2D eigenvalue weighted by atomic mass is 10.1. The number of rotatable bonds is 6. The number of fused-ring (bicyclic) bond motifs is 3. The molecule has 1 N–H and O–H groups in total. The number of ether oxygens (including phenoxy) is 1. The minimum absolute atomic E-state index is 0.00405. The molecule has 2 heterocycles. The zero-order valence-electron chi connectivity index (χ0n) is 19.0. The fourth-order valence-electron chi connectivity index (χ4n) is 4.56. The SMILES string of the molecule is COc1cc2c(cc1O)c1c(n2S(=O)(=O)c2ccccc2)CCN(S(=O)(=O)Cc2ccccc2)C1. The zero-order chi connectivity index (χ0) is 24.8. The van der Waals surface area contributed by atoms with Crippen molar-refractivity contribution in [2.45, 2.75) is 23.6 Å². The molecular formula is C25H24N2O6S2. The molecule has 4 aromatic rings. The van der Waals surface area contributed by atoms with Gasteiger partial charge in [0.2, 0.25) is 10.0 Å². The van der Waals surface area contributed by atoms with Crippen molar-refractivity contribution < 1.29 is 26.7 Å². The third-order valence-corrected chi connectivity index (χ3v) is 9.80. The maximum absolute atomic E-state index is 13.7. The number of nitrogens with zero attached hydrogens (tertiary/aromatic N) is 2. The summed E-state index contributed by atoms with van der Waals surface area (Å²) in [5.41, 5.74) is 2.06. The maximum atomic E-state index is 13.7. The number of hydrogen-bond donors (Lipinski definition) is 1. The number of benzene rings is 3. The molecular weight excluding hydrogens is 488 g/mol. The highest BCUT2D eigenvalue weighted by Gasteiger charge is 2.34. The second-order valence-electron chi connectivity index (χ2n) is 8.37. The number of aromatic hydroxyl groups is 1. The van der Waals surface area contributed by atoms with E-state index in [0.717, 1.165) is 0 Å². The first-order chi connectivity index (χ1) is 16.7. The highest BCUT2D eigenvalue weighted by molar-refractivity contribution is 7.90. The molecule has 1 aliphatic heterocycles. The van der Waals surface area contributed by atoms with Crippen molar-refractivity contribution in [1.29, 1.82) is 0 Å². The summed E-state index contributed by atoms with van der Waals surface area (Å²) in [6.07, 6.45) is 0.202. The van der Waals surface area contributed by atoms with Crippen molar-refractivity contribution in [3.63, 3.8) is 0 Å². The van der Waals surface area contributed by atoms with Gasteiger partial charge in [-0.1, -0.05) is 48.5 Å². The van der Waals surface area contributed by atoms with E-state index in [1.54, 1.807) is 42.5 Å². The number of sulfonamides is 1. The van der Waals surface area contributed by atoms with Gasteiger partial charge in [0.1, 0.15) is 0 Å². The molecule has 0 fully saturated rings. The lowest BCUT2D eigenvalue weighted by Crippen LogP contribution is -2.37. The van der Waals surface area contributed by atoms with E-state index in [0.29, 0.717) is 27.7 Å². The predicted molar refractivity (Wildman–Crippen MR) is 132 cm³/mol. The standard InChI is InChI=1S/C25H24N2O6S2/c1-33-25-15-23-20(14-24(25)28)21-16-26(34(29,30)17-18-8-4-2-5-9-18)13-12-22(21)27(23)35(31,32)19-10-6-3-7-11-19/h2-11,14-15,28H,12-13,16-17H2,1H3. The van der Waals surface area contributed by atoms with Gasteiger partial charge in [0.15, 0.2) is 11.5 Å². The molecule has 1 aliphatic rings. The Morgan fingerprint density at radius 3 is 2.26 bits per heavy atom. The first-order valence-corrected chi connectivity index (χ1v) is 14.0. The summed E-state index contributed by atoms with van der Waals surface area (Å²) >= 11 is 0. The van der Waals surface area contributed by atoms with Crippen LogP contribution in [0.2, 0.25) is 0 Å². The normalized spacial score (nSPS) is 14.7. The fourth-order valence-corrected chi connectivity index (χ4v) is 7.66. The molecule has 10 heteroatoms. The maximum Gasteiger partial charge on any atom is 0.268 e. The molecule has 8 nitrogen and oxygen atoms in total. The van der Waals surface area contributed by atoms with Crippen LogP contribution in [-0.2, 0) is 38.8 Å². The number of phenols is 1. The zero-order valence-corrected chi connectivity index (χ0v) is 20.6. The van der Waals surface area contributed by atoms with Crippen molar-refractivity contribution in [1.82, 2.24) is 8.28 Å². The second kappa shape index (κ2) is 8.71. The molecule has 0 saturated heterocycles. The average molecular weight is 513 g/mol. The van der Waals surface area contributed by atoms with E-state index in [1.807, 2.05) is 6.07 Å². The van der Waals surface area contributed by atoms with E-state index >= 15 is 0 Å². The Bertz CT molecular complexity index is 1610. The molecule has 0 bridgehead atoms.